The number of benzene rings is 1. The predicted molar refractivity (Wildman–Crippen MR) is 90.6 cm³/mol. The highest BCUT2D eigenvalue weighted by Gasteiger charge is 2.12. The average Bonchev–Trinajstić information content (AvgIpc) is 3.14. The fourth-order valence-corrected chi connectivity index (χ4v) is 1.98. The van der Waals surface area contributed by atoms with Gasteiger partial charge in [0.1, 0.15) is 5.76 Å². The molecule has 0 spiro atoms. The maximum absolute atomic E-state index is 9.10. The standard InChI is InChI=1S/C15H19NO4.C2H2O4/c1-17-13-7-11(8-14(18-2)15(13)19-3)9-16-10-12-5-4-6-20-12;3-1(4)2(5)6/h4-8,16H,9-10H2,1-3H3;(H,3,4)(H,5,6). The van der Waals surface area contributed by atoms with E-state index in [1.165, 1.54) is 0 Å². The summed E-state index contributed by atoms with van der Waals surface area (Å²) in [5.74, 6) is -0.837. The zero-order chi connectivity index (χ0) is 19.5. The summed E-state index contributed by atoms with van der Waals surface area (Å²) in [6, 6.07) is 7.66. The van der Waals surface area contributed by atoms with E-state index in [1.54, 1.807) is 27.6 Å². The average molecular weight is 367 g/mol. The summed E-state index contributed by atoms with van der Waals surface area (Å²) in [7, 11) is 4.81. The molecule has 9 nitrogen and oxygen atoms in total. The molecule has 0 aliphatic carbocycles. The molecule has 0 atom stereocenters. The fourth-order valence-electron chi connectivity index (χ4n) is 1.98. The van der Waals surface area contributed by atoms with Crippen LogP contribution in [-0.4, -0.2) is 43.5 Å². The maximum atomic E-state index is 9.10. The number of carboxylic acid groups (broad SMARTS) is 2. The smallest absolute Gasteiger partial charge is 0.414 e. The van der Waals surface area contributed by atoms with Crippen LogP contribution >= 0.6 is 0 Å². The molecule has 9 heteroatoms. The number of aliphatic carboxylic acids is 2. The van der Waals surface area contributed by atoms with Gasteiger partial charge in [0.15, 0.2) is 11.5 Å². The van der Waals surface area contributed by atoms with Gasteiger partial charge < -0.3 is 34.2 Å². The Morgan fingerprint density at radius 1 is 1.00 bits per heavy atom. The first kappa shape index (κ1) is 20.8. The number of hydrogen-bond donors (Lipinski definition) is 3. The molecule has 1 aromatic heterocycles. The summed E-state index contributed by atoms with van der Waals surface area (Å²) in [5.41, 5.74) is 1.05. The highest BCUT2D eigenvalue weighted by Crippen LogP contribution is 2.38. The maximum Gasteiger partial charge on any atom is 0.414 e. The van der Waals surface area contributed by atoms with Crippen LogP contribution in [0.4, 0.5) is 0 Å². The van der Waals surface area contributed by atoms with Gasteiger partial charge in [0.2, 0.25) is 5.75 Å². The van der Waals surface area contributed by atoms with E-state index < -0.39 is 11.9 Å². The number of rotatable bonds is 7. The summed E-state index contributed by atoms with van der Waals surface area (Å²) in [6.45, 7) is 1.35. The Kier molecular flexibility index (Phi) is 8.51. The lowest BCUT2D eigenvalue weighted by Gasteiger charge is -2.14. The number of carboxylic acids is 2. The van der Waals surface area contributed by atoms with E-state index in [0.29, 0.717) is 30.3 Å². The molecule has 0 saturated heterocycles. The van der Waals surface area contributed by atoms with Crippen LogP contribution in [0.15, 0.2) is 34.9 Å². The highest BCUT2D eigenvalue weighted by atomic mass is 16.5. The second-order valence-corrected chi connectivity index (χ2v) is 4.83. The van der Waals surface area contributed by atoms with Gasteiger partial charge in [-0.25, -0.2) is 9.59 Å². The number of nitrogens with one attached hydrogen (secondary N) is 1. The van der Waals surface area contributed by atoms with Gasteiger partial charge in [-0.3, -0.25) is 0 Å². The lowest BCUT2D eigenvalue weighted by Crippen LogP contribution is -2.12. The van der Waals surface area contributed by atoms with Gasteiger partial charge in [-0.2, -0.15) is 0 Å². The molecule has 1 aromatic carbocycles. The third-order valence-electron chi connectivity index (χ3n) is 3.12. The Morgan fingerprint density at radius 3 is 1.96 bits per heavy atom. The van der Waals surface area contributed by atoms with E-state index in [2.05, 4.69) is 5.32 Å². The van der Waals surface area contributed by atoms with Crippen LogP contribution in [0, 0.1) is 0 Å². The summed E-state index contributed by atoms with van der Waals surface area (Å²) in [4.78, 5) is 18.2. The quantitative estimate of drug-likeness (QED) is 0.627. The Bertz CT molecular complexity index is 675. The minimum Gasteiger partial charge on any atom is -0.493 e. The van der Waals surface area contributed by atoms with Crippen LogP contribution in [0.25, 0.3) is 0 Å². The second-order valence-electron chi connectivity index (χ2n) is 4.83. The molecule has 0 aliphatic heterocycles. The Hall–Kier alpha value is -3.20. The summed E-state index contributed by atoms with van der Waals surface area (Å²) in [6.07, 6.45) is 1.66. The third kappa shape index (κ3) is 6.36. The van der Waals surface area contributed by atoms with E-state index in [9.17, 15) is 0 Å². The molecule has 26 heavy (non-hydrogen) atoms. The molecule has 0 unspecified atom stereocenters. The van der Waals surface area contributed by atoms with Crippen molar-refractivity contribution in [3.63, 3.8) is 0 Å². The Balaban J connectivity index is 0.000000487. The molecule has 3 N–H and O–H groups in total. The van der Waals surface area contributed by atoms with Crippen molar-refractivity contribution in [2.24, 2.45) is 0 Å². The number of methoxy groups -OCH3 is 3. The van der Waals surface area contributed by atoms with E-state index in [0.717, 1.165) is 11.3 Å². The van der Waals surface area contributed by atoms with Crippen LogP contribution in [0.3, 0.4) is 0 Å². The summed E-state index contributed by atoms with van der Waals surface area (Å²) in [5, 5.41) is 18.1. The van der Waals surface area contributed by atoms with Crippen molar-refractivity contribution in [1.82, 2.24) is 5.32 Å². The van der Waals surface area contributed by atoms with Crippen molar-refractivity contribution in [2.75, 3.05) is 21.3 Å². The Labute approximate surface area is 150 Å². The number of hydrogen-bond acceptors (Lipinski definition) is 7. The fraction of sp³-hybridized carbons (Fsp3) is 0.294. The predicted octanol–water partition coefficient (Wildman–Crippen LogP) is 1.75. The van der Waals surface area contributed by atoms with Gasteiger partial charge in [-0.1, -0.05) is 0 Å². The van der Waals surface area contributed by atoms with Crippen molar-refractivity contribution < 1.29 is 38.4 Å². The van der Waals surface area contributed by atoms with Crippen molar-refractivity contribution in [3.05, 3.63) is 41.9 Å². The van der Waals surface area contributed by atoms with Crippen LogP contribution < -0.4 is 19.5 Å². The first-order valence-corrected chi connectivity index (χ1v) is 7.41. The molecule has 142 valence electrons. The number of ether oxygens (including phenoxy) is 3. The third-order valence-corrected chi connectivity index (χ3v) is 3.12. The first-order chi connectivity index (χ1) is 12.4. The molecule has 2 aromatic rings. The van der Waals surface area contributed by atoms with E-state index in [4.69, 9.17) is 38.4 Å². The molecular formula is C17H21NO8. The van der Waals surface area contributed by atoms with Gasteiger partial charge in [0.25, 0.3) is 0 Å². The van der Waals surface area contributed by atoms with Gasteiger partial charge >= 0.3 is 11.9 Å². The number of carbonyl (C=O) groups is 2. The van der Waals surface area contributed by atoms with E-state index in [1.807, 2.05) is 24.3 Å². The Morgan fingerprint density at radius 2 is 1.58 bits per heavy atom. The minimum atomic E-state index is -1.82. The van der Waals surface area contributed by atoms with E-state index in [-0.39, 0.29) is 0 Å². The van der Waals surface area contributed by atoms with Crippen LogP contribution in [0.1, 0.15) is 11.3 Å². The topological polar surface area (TPSA) is 127 Å². The monoisotopic (exact) mass is 367 g/mol. The SMILES string of the molecule is COc1cc(CNCc2ccco2)cc(OC)c1OC.O=C(O)C(=O)O. The molecule has 0 radical (unpaired) electrons. The van der Waals surface area contributed by atoms with Crippen LogP contribution in [0.2, 0.25) is 0 Å². The van der Waals surface area contributed by atoms with Gasteiger partial charge in [0, 0.05) is 6.54 Å². The van der Waals surface area contributed by atoms with Crippen LogP contribution in [-0.2, 0) is 22.7 Å². The van der Waals surface area contributed by atoms with Crippen LogP contribution in [0.5, 0.6) is 17.2 Å². The zero-order valence-electron chi connectivity index (χ0n) is 14.6. The highest BCUT2D eigenvalue weighted by molar-refractivity contribution is 6.27. The molecule has 0 fully saturated rings. The van der Waals surface area contributed by atoms with Crippen molar-refractivity contribution in [3.8, 4) is 17.2 Å². The van der Waals surface area contributed by atoms with Crippen molar-refractivity contribution in [2.45, 2.75) is 13.1 Å². The van der Waals surface area contributed by atoms with E-state index >= 15 is 0 Å². The minimum absolute atomic E-state index is 0.602. The molecule has 0 amide bonds. The lowest BCUT2D eigenvalue weighted by molar-refractivity contribution is -0.159. The molecule has 0 bridgehead atoms. The normalized spacial score (nSPS) is 9.65. The van der Waals surface area contributed by atoms with Gasteiger partial charge in [-0.15, -0.1) is 0 Å². The second kappa shape index (κ2) is 10.6. The lowest BCUT2D eigenvalue weighted by atomic mass is 10.1. The molecule has 0 saturated carbocycles. The molecular weight excluding hydrogens is 346 g/mol. The zero-order valence-corrected chi connectivity index (χ0v) is 14.6. The van der Waals surface area contributed by atoms with Crippen molar-refractivity contribution >= 4 is 11.9 Å². The largest absolute Gasteiger partial charge is 0.493 e. The molecule has 1 heterocycles. The summed E-state index contributed by atoms with van der Waals surface area (Å²) < 4.78 is 21.2. The first-order valence-electron chi connectivity index (χ1n) is 7.41. The van der Waals surface area contributed by atoms with Gasteiger partial charge in [0.05, 0.1) is 34.1 Å². The van der Waals surface area contributed by atoms with Gasteiger partial charge in [-0.05, 0) is 29.8 Å². The summed E-state index contributed by atoms with van der Waals surface area (Å²) >= 11 is 0. The van der Waals surface area contributed by atoms with Crippen molar-refractivity contribution in [1.29, 1.82) is 0 Å². The molecule has 2 rings (SSSR count). The molecule has 0 aliphatic rings. The number of furan rings is 1.